The molecule has 4 rings (SSSR count). The monoisotopic (exact) mass is 354 g/mol. The third-order valence-corrected chi connectivity index (χ3v) is 5.63. The molecule has 26 heavy (non-hydrogen) atoms. The predicted octanol–water partition coefficient (Wildman–Crippen LogP) is 2.34. The van der Waals surface area contributed by atoms with Crippen molar-refractivity contribution in [3.05, 3.63) is 40.8 Å². The lowest BCUT2D eigenvalue weighted by atomic mass is 10.0. The van der Waals surface area contributed by atoms with Crippen molar-refractivity contribution in [2.24, 2.45) is 0 Å². The van der Waals surface area contributed by atoms with Crippen molar-refractivity contribution in [2.75, 3.05) is 26.2 Å². The zero-order chi connectivity index (χ0) is 18.3. The minimum Gasteiger partial charge on any atom is -0.331 e. The largest absolute Gasteiger partial charge is 0.331 e. The minimum atomic E-state index is 0.0113. The fourth-order valence-corrected chi connectivity index (χ4v) is 4.17. The van der Waals surface area contributed by atoms with E-state index in [1.54, 1.807) is 6.08 Å². The van der Waals surface area contributed by atoms with E-state index in [2.05, 4.69) is 12.0 Å². The first-order chi connectivity index (χ1) is 12.6. The Morgan fingerprint density at radius 3 is 2.54 bits per heavy atom. The molecule has 0 spiro atoms. The number of carbonyl (C=O) groups is 2. The van der Waals surface area contributed by atoms with E-state index in [1.165, 1.54) is 16.8 Å². The van der Waals surface area contributed by atoms with Gasteiger partial charge in [0.25, 0.3) is 5.91 Å². The molecule has 1 unspecified atom stereocenters. The van der Waals surface area contributed by atoms with E-state index in [9.17, 15) is 9.59 Å². The highest BCUT2D eigenvalue weighted by Crippen LogP contribution is 2.28. The molecule has 0 N–H and O–H groups in total. The van der Waals surface area contributed by atoms with Crippen molar-refractivity contribution in [2.45, 2.75) is 45.6 Å². The van der Waals surface area contributed by atoms with E-state index in [1.807, 2.05) is 33.5 Å². The molecule has 0 radical (unpaired) electrons. The van der Waals surface area contributed by atoms with Crippen LogP contribution in [0.2, 0.25) is 0 Å². The van der Waals surface area contributed by atoms with Crippen LogP contribution >= 0.6 is 0 Å². The van der Waals surface area contributed by atoms with Crippen LogP contribution < -0.4 is 0 Å². The topological polar surface area (TPSA) is 58.4 Å². The molecular formula is C20H26N4O2. The van der Waals surface area contributed by atoms with Crippen LogP contribution in [0.25, 0.3) is 0 Å². The number of nitrogens with zero attached hydrogens (tertiary/aromatic N) is 4. The lowest BCUT2D eigenvalue weighted by molar-refractivity contribution is -0.124. The second-order valence-corrected chi connectivity index (χ2v) is 7.58. The maximum atomic E-state index is 12.9. The molecule has 0 saturated carbocycles. The van der Waals surface area contributed by atoms with Gasteiger partial charge in [-0.3, -0.25) is 14.3 Å². The van der Waals surface area contributed by atoms with Gasteiger partial charge in [-0.15, -0.1) is 0 Å². The van der Waals surface area contributed by atoms with E-state index in [4.69, 9.17) is 0 Å². The molecule has 2 amide bonds. The Morgan fingerprint density at radius 1 is 1.19 bits per heavy atom. The first kappa shape index (κ1) is 17.1. The van der Waals surface area contributed by atoms with E-state index >= 15 is 0 Å². The van der Waals surface area contributed by atoms with Crippen LogP contribution in [0.3, 0.4) is 0 Å². The van der Waals surface area contributed by atoms with E-state index in [0.29, 0.717) is 37.9 Å². The third-order valence-electron chi connectivity index (χ3n) is 5.63. The summed E-state index contributed by atoms with van der Waals surface area (Å²) in [5.41, 5.74) is 4.17. The standard InChI is InChI=1S/C20H26N4O2/c1-3-4-8-19(25)22-10-15-12-23(13-16(15)11-22)20(26)18-9-17-7-5-6-14(2)24(17)21-18/h4,8-9,14H,3,5-7,10-13H2,1-2H3/b8-4+. The van der Waals surface area contributed by atoms with Crippen LogP contribution in [-0.2, 0) is 11.2 Å². The first-order valence-corrected chi connectivity index (χ1v) is 9.59. The molecule has 4 heterocycles. The van der Waals surface area contributed by atoms with Gasteiger partial charge in [-0.05, 0) is 55.9 Å². The Kier molecular flexibility index (Phi) is 4.42. The Morgan fingerprint density at radius 2 is 1.88 bits per heavy atom. The highest BCUT2D eigenvalue weighted by molar-refractivity contribution is 5.93. The highest BCUT2D eigenvalue weighted by atomic mass is 16.2. The van der Waals surface area contributed by atoms with Crippen LogP contribution in [0.1, 0.15) is 55.3 Å². The molecule has 0 aromatic carbocycles. The zero-order valence-electron chi connectivity index (χ0n) is 15.6. The Bertz CT molecular complexity index is 787. The molecule has 3 aliphatic heterocycles. The molecule has 3 aliphatic rings. The quantitative estimate of drug-likeness (QED) is 0.618. The van der Waals surface area contributed by atoms with E-state index in [-0.39, 0.29) is 11.8 Å². The summed E-state index contributed by atoms with van der Waals surface area (Å²) in [5, 5.41) is 4.58. The number of hydrogen-bond acceptors (Lipinski definition) is 3. The van der Waals surface area contributed by atoms with Crippen LogP contribution in [0.15, 0.2) is 29.4 Å². The minimum absolute atomic E-state index is 0.0113. The lowest BCUT2D eigenvalue weighted by Crippen LogP contribution is -2.36. The van der Waals surface area contributed by atoms with Gasteiger partial charge < -0.3 is 9.80 Å². The molecule has 1 aromatic heterocycles. The summed E-state index contributed by atoms with van der Waals surface area (Å²) < 4.78 is 2.02. The molecule has 1 aromatic rings. The van der Waals surface area contributed by atoms with Gasteiger partial charge in [-0.25, -0.2) is 0 Å². The third kappa shape index (κ3) is 2.97. The molecule has 138 valence electrons. The fourth-order valence-electron chi connectivity index (χ4n) is 4.17. The second-order valence-electron chi connectivity index (χ2n) is 7.58. The summed E-state index contributed by atoms with van der Waals surface area (Å²) in [6.07, 6.45) is 7.70. The van der Waals surface area contributed by atoms with Crippen molar-refractivity contribution >= 4 is 11.8 Å². The molecule has 0 bridgehead atoms. The molecule has 6 nitrogen and oxygen atoms in total. The van der Waals surface area contributed by atoms with Crippen LogP contribution in [0.4, 0.5) is 0 Å². The van der Waals surface area contributed by atoms with Crippen LogP contribution in [-0.4, -0.2) is 57.6 Å². The van der Waals surface area contributed by atoms with E-state index < -0.39 is 0 Å². The maximum absolute atomic E-state index is 12.9. The number of allylic oxidation sites excluding steroid dienone is 1. The summed E-state index contributed by atoms with van der Waals surface area (Å²) in [7, 11) is 0. The van der Waals surface area contributed by atoms with Gasteiger partial charge in [0.1, 0.15) is 0 Å². The van der Waals surface area contributed by atoms with Gasteiger partial charge in [0.05, 0.1) is 0 Å². The van der Waals surface area contributed by atoms with Gasteiger partial charge in [0.15, 0.2) is 5.69 Å². The second kappa shape index (κ2) is 6.74. The molecule has 0 saturated heterocycles. The molecular weight excluding hydrogens is 328 g/mol. The number of fused-ring (bicyclic) bond motifs is 1. The van der Waals surface area contributed by atoms with Gasteiger partial charge in [-0.1, -0.05) is 13.0 Å². The summed E-state index contributed by atoms with van der Waals surface area (Å²) in [4.78, 5) is 28.8. The van der Waals surface area contributed by atoms with Crippen molar-refractivity contribution in [1.29, 1.82) is 0 Å². The normalized spacial score (nSPS) is 22.3. The van der Waals surface area contributed by atoms with E-state index in [0.717, 1.165) is 25.7 Å². The lowest BCUT2D eigenvalue weighted by Gasteiger charge is -2.22. The van der Waals surface area contributed by atoms with Gasteiger partial charge in [0.2, 0.25) is 5.91 Å². The maximum Gasteiger partial charge on any atom is 0.274 e. The average molecular weight is 354 g/mol. The summed E-state index contributed by atoms with van der Waals surface area (Å²) in [6, 6.07) is 2.34. The molecule has 6 heteroatoms. The first-order valence-electron chi connectivity index (χ1n) is 9.59. The number of amides is 2. The number of aryl methyl sites for hydroxylation is 1. The van der Waals surface area contributed by atoms with Gasteiger partial charge >= 0.3 is 0 Å². The van der Waals surface area contributed by atoms with Gasteiger partial charge in [0, 0.05) is 37.9 Å². The number of carbonyl (C=O) groups excluding carboxylic acids is 2. The summed E-state index contributed by atoms with van der Waals surface area (Å²) >= 11 is 0. The number of rotatable bonds is 3. The van der Waals surface area contributed by atoms with Crippen LogP contribution in [0.5, 0.6) is 0 Å². The summed E-state index contributed by atoms with van der Waals surface area (Å²) in [6.45, 7) is 6.70. The average Bonchev–Trinajstić information content (AvgIpc) is 3.31. The molecule has 0 aliphatic carbocycles. The molecule has 0 fully saturated rings. The zero-order valence-corrected chi connectivity index (χ0v) is 15.6. The van der Waals surface area contributed by atoms with Crippen molar-refractivity contribution in [1.82, 2.24) is 19.6 Å². The Labute approximate surface area is 154 Å². The van der Waals surface area contributed by atoms with Crippen molar-refractivity contribution < 1.29 is 9.59 Å². The molecule has 1 atom stereocenters. The van der Waals surface area contributed by atoms with Gasteiger partial charge in [-0.2, -0.15) is 5.10 Å². The highest BCUT2D eigenvalue weighted by Gasteiger charge is 2.34. The Hall–Kier alpha value is -2.37. The number of hydrogen-bond donors (Lipinski definition) is 0. The Balaban J connectivity index is 1.40. The van der Waals surface area contributed by atoms with Crippen molar-refractivity contribution in [3.63, 3.8) is 0 Å². The van der Waals surface area contributed by atoms with Crippen LogP contribution in [0, 0.1) is 0 Å². The SMILES string of the molecule is CC/C=C/C(=O)N1CC2=C(C1)CN(C(=O)c1cc3n(n1)C(C)CCC3)C2. The predicted molar refractivity (Wildman–Crippen MR) is 98.8 cm³/mol. The fraction of sp³-hybridized carbons (Fsp3) is 0.550. The smallest absolute Gasteiger partial charge is 0.274 e. The number of aromatic nitrogens is 2. The summed E-state index contributed by atoms with van der Waals surface area (Å²) in [5.74, 6) is 0.0761. The van der Waals surface area contributed by atoms with Crippen molar-refractivity contribution in [3.8, 4) is 0 Å².